The van der Waals surface area contributed by atoms with Crippen molar-refractivity contribution in [1.82, 2.24) is 15.1 Å². The second-order valence-electron chi connectivity index (χ2n) is 8.70. The van der Waals surface area contributed by atoms with Gasteiger partial charge in [0.2, 0.25) is 5.91 Å². The second-order valence-corrected chi connectivity index (χ2v) is 8.70. The third-order valence-corrected chi connectivity index (χ3v) is 6.52. The zero-order valence-electron chi connectivity index (χ0n) is 17.1. The topological polar surface area (TPSA) is 47.9 Å². The highest BCUT2D eigenvalue weighted by Gasteiger charge is 2.45. The summed E-state index contributed by atoms with van der Waals surface area (Å²) >= 11 is 0. The Morgan fingerprint density at radius 3 is 3.04 bits per heavy atom. The third kappa shape index (κ3) is 3.65. The molecule has 1 aromatic rings. The Bertz CT molecular complexity index is 772. The number of nitrogens with one attached hydrogen (secondary N) is 1. The monoisotopic (exact) mass is 380 g/mol. The summed E-state index contributed by atoms with van der Waals surface area (Å²) in [4.78, 5) is 22.2. The number of nitrogens with zero attached hydrogens (tertiary/aromatic N) is 3. The van der Waals surface area contributed by atoms with Crippen molar-refractivity contribution in [1.29, 1.82) is 0 Å². The van der Waals surface area contributed by atoms with E-state index in [4.69, 9.17) is 0 Å². The number of hydrogen-bond acceptors (Lipinski definition) is 4. The maximum Gasteiger partial charge on any atom is 0.224 e. The first-order chi connectivity index (χ1) is 13.6. The fourth-order valence-electron chi connectivity index (χ4n) is 5.27. The van der Waals surface area contributed by atoms with Crippen LogP contribution in [0.2, 0.25) is 0 Å². The van der Waals surface area contributed by atoms with E-state index in [1.165, 1.54) is 11.1 Å². The first kappa shape index (κ1) is 19.3. The molecule has 5 nitrogen and oxygen atoms in total. The zero-order valence-corrected chi connectivity index (χ0v) is 17.1. The smallest absolute Gasteiger partial charge is 0.224 e. The van der Waals surface area contributed by atoms with Crippen molar-refractivity contribution < 1.29 is 4.79 Å². The minimum atomic E-state index is 0.0373. The molecule has 2 aliphatic heterocycles. The summed E-state index contributed by atoms with van der Waals surface area (Å²) in [7, 11) is 4.13. The van der Waals surface area contributed by atoms with Crippen LogP contribution in [0.25, 0.3) is 0 Å². The molecule has 1 saturated heterocycles. The molecule has 1 amide bonds. The molecule has 2 heterocycles. The van der Waals surface area contributed by atoms with Gasteiger partial charge < -0.3 is 10.2 Å². The number of piperidine rings is 1. The molecule has 150 valence electrons. The van der Waals surface area contributed by atoms with Gasteiger partial charge in [-0.25, -0.2) is 0 Å². The van der Waals surface area contributed by atoms with Crippen LogP contribution in [0.3, 0.4) is 0 Å². The van der Waals surface area contributed by atoms with Gasteiger partial charge in [0.25, 0.3) is 0 Å². The quantitative estimate of drug-likeness (QED) is 0.584. The van der Waals surface area contributed by atoms with E-state index >= 15 is 0 Å². The number of carbonyl (C=O) groups is 1. The molecule has 5 heteroatoms. The van der Waals surface area contributed by atoms with E-state index in [1.54, 1.807) is 0 Å². The lowest BCUT2D eigenvalue weighted by Crippen LogP contribution is -2.53. The highest BCUT2D eigenvalue weighted by molar-refractivity contribution is 5.83. The van der Waals surface area contributed by atoms with E-state index in [-0.39, 0.29) is 11.8 Å². The summed E-state index contributed by atoms with van der Waals surface area (Å²) in [6.07, 6.45) is 7.12. The van der Waals surface area contributed by atoms with Crippen LogP contribution in [-0.2, 0) is 4.79 Å². The molecular formula is C23H32N4O. The van der Waals surface area contributed by atoms with Crippen LogP contribution in [0.1, 0.15) is 42.2 Å². The molecule has 1 fully saturated rings. The molecule has 0 aromatic heterocycles. The van der Waals surface area contributed by atoms with Crippen molar-refractivity contribution in [3.05, 3.63) is 42.0 Å². The van der Waals surface area contributed by atoms with Gasteiger partial charge in [-0.2, -0.15) is 0 Å². The predicted molar refractivity (Wildman–Crippen MR) is 115 cm³/mol. The van der Waals surface area contributed by atoms with Crippen molar-refractivity contribution in [2.45, 2.75) is 37.1 Å². The number of rotatable bonds is 7. The average Bonchev–Trinajstić information content (AvgIpc) is 3.10. The van der Waals surface area contributed by atoms with Crippen LogP contribution in [0.4, 0.5) is 5.69 Å². The Labute approximate surface area is 168 Å². The molecule has 1 aliphatic carbocycles. The molecule has 0 bridgehead atoms. The largest absolute Gasteiger partial charge is 0.356 e. The SMILES string of the molecule is C=CCN1C[C@H](C(=O)NCCCN(C)C)C[C@H]2c3cccc4c3[C@H](C=N4)C[C@H]21. The van der Waals surface area contributed by atoms with E-state index in [9.17, 15) is 4.79 Å². The van der Waals surface area contributed by atoms with Crippen molar-refractivity contribution >= 4 is 17.8 Å². The summed E-state index contributed by atoms with van der Waals surface area (Å²) in [6, 6.07) is 6.97. The van der Waals surface area contributed by atoms with Crippen LogP contribution >= 0.6 is 0 Å². The third-order valence-electron chi connectivity index (χ3n) is 6.52. The standard InChI is InChI=1S/C23H32N4O/c1-4-10-27-15-17(23(28)24-9-6-11-26(2)3)12-19-18-7-5-8-20-22(18)16(14-25-20)13-21(19)27/h4-5,7-8,14,16-17,19,21H,1,6,9-13,15H2,2-3H3,(H,24,28)/t16-,17+,19-,21+/m0/s1. The number of carbonyl (C=O) groups excluding carboxylic acids is 1. The highest BCUT2D eigenvalue weighted by atomic mass is 16.1. The molecular weight excluding hydrogens is 348 g/mol. The summed E-state index contributed by atoms with van der Waals surface area (Å²) in [5.74, 6) is 1.07. The zero-order chi connectivity index (χ0) is 19.7. The Kier molecular flexibility index (Phi) is 5.65. The fourth-order valence-corrected chi connectivity index (χ4v) is 5.27. The molecule has 3 aliphatic rings. The molecule has 28 heavy (non-hydrogen) atoms. The van der Waals surface area contributed by atoms with E-state index in [0.29, 0.717) is 17.9 Å². The molecule has 4 rings (SSSR count). The number of amides is 1. The Morgan fingerprint density at radius 2 is 2.25 bits per heavy atom. The number of benzene rings is 1. The van der Waals surface area contributed by atoms with Gasteiger partial charge in [0, 0.05) is 43.7 Å². The van der Waals surface area contributed by atoms with E-state index in [1.807, 2.05) is 6.08 Å². The fraction of sp³-hybridized carbons (Fsp3) is 0.565. The van der Waals surface area contributed by atoms with Crippen LogP contribution in [-0.4, -0.2) is 68.2 Å². The van der Waals surface area contributed by atoms with Crippen LogP contribution in [0.5, 0.6) is 0 Å². The lowest BCUT2D eigenvalue weighted by Gasteiger charge is -2.48. The molecule has 1 aromatic carbocycles. The maximum atomic E-state index is 12.9. The van der Waals surface area contributed by atoms with Gasteiger partial charge in [0.05, 0.1) is 11.6 Å². The van der Waals surface area contributed by atoms with Gasteiger partial charge in [0.1, 0.15) is 0 Å². The van der Waals surface area contributed by atoms with Gasteiger partial charge in [-0.3, -0.25) is 14.7 Å². The van der Waals surface area contributed by atoms with Crippen molar-refractivity contribution in [3.63, 3.8) is 0 Å². The van der Waals surface area contributed by atoms with Gasteiger partial charge in [-0.05, 0) is 57.1 Å². The van der Waals surface area contributed by atoms with Crippen LogP contribution in [0, 0.1) is 5.92 Å². The molecule has 0 radical (unpaired) electrons. The minimum Gasteiger partial charge on any atom is -0.356 e. The maximum absolute atomic E-state index is 12.9. The van der Waals surface area contributed by atoms with Gasteiger partial charge >= 0.3 is 0 Å². The molecule has 0 saturated carbocycles. The molecule has 0 spiro atoms. The first-order valence-electron chi connectivity index (χ1n) is 10.5. The summed E-state index contributed by atoms with van der Waals surface area (Å²) < 4.78 is 0. The summed E-state index contributed by atoms with van der Waals surface area (Å²) in [6.45, 7) is 7.37. The van der Waals surface area contributed by atoms with Crippen LogP contribution < -0.4 is 5.32 Å². The Balaban J connectivity index is 1.51. The van der Waals surface area contributed by atoms with Crippen molar-refractivity contribution in [2.75, 3.05) is 40.3 Å². The second kappa shape index (κ2) is 8.18. The first-order valence-corrected chi connectivity index (χ1v) is 10.5. The normalized spacial score (nSPS) is 28.1. The Morgan fingerprint density at radius 1 is 1.39 bits per heavy atom. The average molecular weight is 381 g/mol. The van der Waals surface area contributed by atoms with Crippen LogP contribution in [0.15, 0.2) is 35.8 Å². The van der Waals surface area contributed by atoms with Gasteiger partial charge in [-0.1, -0.05) is 18.2 Å². The number of fused-ring (bicyclic) bond motifs is 2. The summed E-state index contributed by atoms with van der Waals surface area (Å²) in [5, 5.41) is 3.18. The van der Waals surface area contributed by atoms with Gasteiger partial charge in [-0.15, -0.1) is 6.58 Å². The predicted octanol–water partition coefficient (Wildman–Crippen LogP) is 2.92. The number of likely N-dealkylation sites (tertiary alicyclic amines) is 1. The molecule has 1 N–H and O–H groups in total. The lowest BCUT2D eigenvalue weighted by molar-refractivity contribution is -0.127. The lowest BCUT2D eigenvalue weighted by atomic mass is 9.68. The Hall–Kier alpha value is -1.98. The summed E-state index contributed by atoms with van der Waals surface area (Å²) in [5.41, 5.74) is 3.95. The van der Waals surface area contributed by atoms with Crippen molar-refractivity contribution in [3.8, 4) is 0 Å². The van der Waals surface area contributed by atoms with E-state index in [2.05, 4.69) is 65.2 Å². The molecule has 4 atom stereocenters. The van der Waals surface area contributed by atoms with Crippen molar-refractivity contribution in [2.24, 2.45) is 10.9 Å². The number of hydrogen-bond donors (Lipinski definition) is 1. The minimum absolute atomic E-state index is 0.0373. The molecule has 0 unspecified atom stereocenters. The van der Waals surface area contributed by atoms with E-state index in [0.717, 1.165) is 51.1 Å². The van der Waals surface area contributed by atoms with E-state index < -0.39 is 0 Å². The highest BCUT2D eigenvalue weighted by Crippen LogP contribution is 2.50. The number of aliphatic imine (C=N–C) groups is 1. The van der Waals surface area contributed by atoms with Gasteiger partial charge in [0.15, 0.2) is 0 Å².